The van der Waals surface area contributed by atoms with Crippen LogP contribution in [0, 0.1) is 0 Å². The summed E-state index contributed by atoms with van der Waals surface area (Å²) in [5.74, 6) is 0.255. The van der Waals surface area contributed by atoms with Crippen LogP contribution in [0.4, 0.5) is 0 Å². The zero-order valence-electron chi connectivity index (χ0n) is 5.95. The quantitative estimate of drug-likeness (QED) is 0.597. The number of hydrogen-bond acceptors (Lipinski definition) is 3. The lowest BCUT2D eigenvalue weighted by Gasteiger charge is -1.99. The molecule has 2 nitrogen and oxygen atoms in total. The van der Waals surface area contributed by atoms with Crippen LogP contribution in [-0.4, -0.2) is 12.6 Å². The fourth-order valence-electron chi connectivity index (χ4n) is 1.22. The Balaban J connectivity index is 2.13. The Bertz CT molecular complexity index is 253. The molecule has 0 N–H and O–H groups in total. The first-order valence-corrected chi connectivity index (χ1v) is 4.43. The van der Waals surface area contributed by atoms with E-state index in [0.717, 1.165) is 0 Å². The van der Waals surface area contributed by atoms with Crippen molar-refractivity contribution < 1.29 is 9.53 Å². The molecule has 3 heteroatoms. The molecule has 0 spiro atoms. The number of rotatable bonds is 1. The van der Waals surface area contributed by atoms with Crippen LogP contribution in [-0.2, 0) is 9.53 Å². The largest absolute Gasteiger partial charge is 0.465 e. The van der Waals surface area contributed by atoms with E-state index in [4.69, 9.17) is 4.74 Å². The lowest BCUT2D eigenvalue weighted by Crippen LogP contribution is -1.92. The van der Waals surface area contributed by atoms with Gasteiger partial charge in [-0.25, -0.2) is 0 Å². The van der Waals surface area contributed by atoms with Gasteiger partial charge in [-0.2, -0.15) is 0 Å². The van der Waals surface area contributed by atoms with Gasteiger partial charge in [-0.3, -0.25) is 4.79 Å². The first-order valence-electron chi connectivity index (χ1n) is 3.55. The molecule has 1 aromatic heterocycles. The van der Waals surface area contributed by atoms with Crippen molar-refractivity contribution in [1.82, 2.24) is 0 Å². The number of hydrogen-bond donors (Lipinski definition) is 0. The van der Waals surface area contributed by atoms with Gasteiger partial charge in [0.2, 0.25) is 0 Å². The first kappa shape index (κ1) is 6.85. The number of ether oxygens (including phenoxy) is 1. The average molecular weight is 168 g/mol. The maximum atomic E-state index is 10.7. The van der Waals surface area contributed by atoms with Crippen LogP contribution in [0.5, 0.6) is 0 Å². The number of carbonyl (C=O) groups excluding carboxylic acids is 1. The molecule has 1 aliphatic rings. The van der Waals surface area contributed by atoms with Gasteiger partial charge in [0.25, 0.3) is 0 Å². The minimum Gasteiger partial charge on any atom is -0.465 e. The van der Waals surface area contributed by atoms with Gasteiger partial charge in [-0.1, -0.05) is 6.07 Å². The van der Waals surface area contributed by atoms with Crippen molar-refractivity contribution in [2.45, 2.75) is 12.3 Å². The molecular formula is C8H8O2S. The molecule has 0 aromatic carbocycles. The molecule has 11 heavy (non-hydrogen) atoms. The lowest BCUT2D eigenvalue weighted by molar-refractivity contribution is -0.137. The average Bonchev–Trinajstić information content (AvgIpc) is 2.55. The molecular weight excluding hydrogens is 160 g/mol. The Morgan fingerprint density at radius 2 is 2.55 bits per heavy atom. The third kappa shape index (κ3) is 1.28. The monoisotopic (exact) mass is 168 g/mol. The summed E-state index contributed by atoms with van der Waals surface area (Å²) in [5, 5.41) is 2.03. The predicted octanol–water partition coefficient (Wildman–Crippen LogP) is 1.78. The second-order valence-corrected chi connectivity index (χ2v) is 3.58. The highest BCUT2D eigenvalue weighted by molar-refractivity contribution is 7.10. The molecule has 0 bridgehead atoms. The van der Waals surface area contributed by atoms with Crippen LogP contribution in [0.2, 0.25) is 0 Å². The van der Waals surface area contributed by atoms with E-state index in [9.17, 15) is 4.79 Å². The fourth-order valence-corrected chi connectivity index (χ4v) is 2.03. The number of thiophene rings is 1. The standard InChI is InChI=1S/C8H8O2S/c9-8-4-6(5-10-8)7-2-1-3-11-7/h1-3,6H,4-5H2/t6-/m0/s1. The SMILES string of the molecule is O=C1C[C@H](c2cccs2)CO1. The Kier molecular flexibility index (Phi) is 1.66. The van der Waals surface area contributed by atoms with Gasteiger partial charge in [-0.05, 0) is 11.4 Å². The molecule has 1 atom stereocenters. The Morgan fingerprint density at radius 1 is 1.64 bits per heavy atom. The van der Waals surface area contributed by atoms with E-state index in [1.165, 1.54) is 4.88 Å². The molecule has 1 aromatic rings. The molecule has 58 valence electrons. The summed E-state index contributed by atoms with van der Waals surface area (Å²) in [6.45, 7) is 0.569. The number of esters is 1. The predicted molar refractivity (Wildman–Crippen MR) is 42.6 cm³/mol. The van der Waals surface area contributed by atoms with E-state index in [0.29, 0.717) is 18.9 Å². The topological polar surface area (TPSA) is 26.3 Å². The van der Waals surface area contributed by atoms with Crippen molar-refractivity contribution in [3.05, 3.63) is 22.4 Å². The third-order valence-electron chi connectivity index (χ3n) is 1.80. The highest BCUT2D eigenvalue weighted by atomic mass is 32.1. The molecule has 0 radical (unpaired) electrons. The summed E-state index contributed by atoms with van der Waals surface area (Å²) in [5.41, 5.74) is 0. The summed E-state index contributed by atoms with van der Waals surface area (Å²) in [7, 11) is 0. The van der Waals surface area contributed by atoms with Crippen LogP contribution in [0.1, 0.15) is 17.2 Å². The minimum atomic E-state index is -0.0663. The van der Waals surface area contributed by atoms with Gasteiger partial charge in [0.15, 0.2) is 0 Å². The zero-order chi connectivity index (χ0) is 7.68. The van der Waals surface area contributed by atoms with Crippen molar-refractivity contribution in [2.24, 2.45) is 0 Å². The molecule has 0 amide bonds. The van der Waals surface area contributed by atoms with Gasteiger partial charge in [0.1, 0.15) is 0 Å². The summed E-state index contributed by atoms with van der Waals surface area (Å²) < 4.78 is 4.86. The second kappa shape index (κ2) is 2.66. The highest BCUT2D eigenvalue weighted by Crippen LogP contribution is 2.28. The minimum absolute atomic E-state index is 0.0663. The van der Waals surface area contributed by atoms with Crippen molar-refractivity contribution in [3.63, 3.8) is 0 Å². The Labute approximate surface area is 68.8 Å². The lowest BCUT2D eigenvalue weighted by atomic mass is 10.1. The first-order chi connectivity index (χ1) is 5.36. The Hall–Kier alpha value is -0.830. The molecule has 2 rings (SSSR count). The number of cyclic esters (lactones) is 1. The summed E-state index contributed by atoms with van der Waals surface area (Å²) in [4.78, 5) is 12.0. The van der Waals surface area contributed by atoms with E-state index in [-0.39, 0.29) is 5.97 Å². The molecule has 0 unspecified atom stereocenters. The maximum absolute atomic E-state index is 10.7. The zero-order valence-corrected chi connectivity index (χ0v) is 6.76. The maximum Gasteiger partial charge on any atom is 0.306 e. The van der Waals surface area contributed by atoms with E-state index in [1.54, 1.807) is 11.3 Å². The van der Waals surface area contributed by atoms with Crippen LogP contribution >= 0.6 is 11.3 Å². The van der Waals surface area contributed by atoms with E-state index in [2.05, 4.69) is 6.07 Å². The van der Waals surface area contributed by atoms with Gasteiger partial charge in [0, 0.05) is 10.8 Å². The fraction of sp³-hybridized carbons (Fsp3) is 0.375. The summed E-state index contributed by atoms with van der Waals surface area (Å²) in [6.07, 6.45) is 0.556. The van der Waals surface area contributed by atoms with Crippen molar-refractivity contribution in [1.29, 1.82) is 0 Å². The number of carbonyl (C=O) groups is 1. The Morgan fingerprint density at radius 3 is 3.09 bits per heavy atom. The van der Waals surface area contributed by atoms with E-state index >= 15 is 0 Å². The molecule has 2 heterocycles. The normalized spacial score (nSPS) is 23.6. The van der Waals surface area contributed by atoms with Crippen molar-refractivity contribution in [3.8, 4) is 0 Å². The summed E-state index contributed by atoms with van der Waals surface area (Å²) >= 11 is 1.69. The second-order valence-electron chi connectivity index (χ2n) is 2.60. The van der Waals surface area contributed by atoms with Gasteiger partial charge >= 0.3 is 5.97 Å². The van der Waals surface area contributed by atoms with Crippen LogP contribution in [0.3, 0.4) is 0 Å². The van der Waals surface area contributed by atoms with Crippen LogP contribution in [0.25, 0.3) is 0 Å². The van der Waals surface area contributed by atoms with E-state index in [1.807, 2.05) is 11.4 Å². The third-order valence-corrected chi connectivity index (χ3v) is 2.84. The van der Waals surface area contributed by atoms with Gasteiger partial charge in [0.05, 0.1) is 13.0 Å². The highest BCUT2D eigenvalue weighted by Gasteiger charge is 2.25. The smallest absolute Gasteiger partial charge is 0.306 e. The molecule has 1 fully saturated rings. The summed E-state index contributed by atoms with van der Waals surface area (Å²) in [6, 6.07) is 4.06. The van der Waals surface area contributed by atoms with E-state index < -0.39 is 0 Å². The van der Waals surface area contributed by atoms with Crippen LogP contribution < -0.4 is 0 Å². The van der Waals surface area contributed by atoms with Crippen molar-refractivity contribution in [2.75, 3.05) is 6.61 Å². The molecule has 0 aliphatic carbocycles. The molecule has 1 saturated heterocycles. The van der Waals surface area contributed by atoms with Gasteiger partial charge < -0.3 is 4.74 Å². The molecule has 0 saturated carbocycles. The van der Waals surface area contributed by atoms with Crippen molar-refractivity contribution >= 4 is 17.3 Å². The van der Waals surface area contributed by atoms with Gasteiger partial charge in [-0.15, -0.1) is 11.3 Å². The van der Waals surface area contributed by atoms with Crippen LogP contribution in [0.15, 0.2) is 17.5 Å². The molecule has 1 aliphatic heterocycles.